The van der Waals surface area contributed by atoms with E-state index < -0.39 is 22.2 Å². The van der Waals surface area contributed by atoms with Crippen molar-refractivity contribution in [2.24, 2.45) is 11.8 Å². The van der Waals surface area contributed by atoms with Crippen LogP contribution < -0.4 is 4.90 Å². The van der Waals surface area contributed by atoms with Gasteiger partial charge in [0.1, 0.15) is 0 Å². The summed E-state index contributed by atoms with van der Waals surface area (Å²) in [5.41, 5.74) is 4.11. The van der Waals surface area contributed by atoms with Gasteiger partial charge in [-0.2, -0.15) is 0 Å². The van der Waals surface area contributed by atoms with Crippen LogP contribution in [0.4, 0.5) is 11.4 Å². The minimum Gasteiger partial charge on any atom is -0.274 e. The van der Waals surface area contributed by atoms with Crippen molar-refractivity contribution in [3.8, 4) is 0 Å². The number of hydrogen-bond donors (Lipinski definition) is 0. The number of benzene rings is 3. The number of imide groups is 1. The Balaban J connectivity index is 1.55. The van der Waals surface area contributed by atoms with E-state index in [9.17, 15) is 19.7 Å². The van der Waals surface area contributed by atoms with Gasteiger partial charge in [-0.15, -0.1) is 0 Å². The van der Waals surface area contributed by atoms with Gasteiger partial charge in [0.05, 0.1) is 22.4 Å². The third-order valence-electron chi connectivity index (χ3n) is 7.36. The van der Waals surface area contributed by atoms with E-state index in [-0.39, 0.29) is 23.4 Å². The molecule has 3 aliphatic carbocycles. The lowest BCUT2D eigenvalue weighted by Crippen LogP contribution is -2.51. The average molecular weight is 410 g/mol. The van der Waals surface area contributed by atoms with Crippen LogP contribution in [0.3, 0.4) is 0 Å². The summed E-state index contributed by atoms with van der Waals surface area (Å²) in [6.45, 7) is 2.07. The SMILES string of the molecule is CC12c3ccccc3C(c3ccccc31)[C@@H]1C(=O)N(c3ccc([N+](=O)[O-])cc3)C(=O)[C@@H]12. The summed E-state index contributed by atoms with van der Waals surface area (Å²) in [5.74, 6) is -1.65. The lowest BCUT2D eigenvalue weighted by molar-refractivity contribution is -0.384. The van der Waals surface area contributed by atoms with Crippen molar-refractivity contribution in [2.45, 2.75) is 18.3 Å². The molecule has 2 bridgehead atoms. The van der Waals surface area contributed by atoms with Crippen LogP contribution in [-0.4, -0.2) is 16.7 Å². The summed E-state index contributed by atoms with van der Waals surface area (Å²) in [5, 5.41) is 11.0. The van der Waals surface area contributed by atoms with Crippen molar-refractivity contribution in [2.75, 3.05) is 4.90 Å². The predicted molar refractivity (Wildman–Crippen MR) is 114 cm³/mol. The van der Waals surface area contributed by atoms with Gasteiger partial charge < -0.3 is 0 Å². The molecular formula is C25H18N2O4. The number of amides is 2. The van der Waals surface area contributed by atoms with Gasteiger partial charge in [-0.3, -0.25) is 19.7 Å². The normalized spacial score (nSPS) is 27.6. The minimum atomic E-state index is -0.616. The van der Waals surface area contributed by atoms with Crippen LogP contribution in [-0.2, 0) is 15.0 Å². The van der Waals surface area contributed by atoms with Crippen LogP contribution in [0.5, 0.6) is 0 Å². The van der Waals surface area contributed by atoms with Crippen LogP contribution in [0.15, 0.2) is 72.8 Å². The first-order valence-electron chi connectivity index (χ1n) is 10.3. The molecule has 0 unspecified atom stereocenters. The van der Waals surface area contributed by atoms with Crippen molar-refractivity contribution in [3.05, 3.63) is 105 Å². The van der Waals surface area contributed by atoms with Crippen LogP contribution in [0.25, 0.3) is 0 Å². The second-order valence-corrected chi connectivity index (χ2v) is 8.64. The highest BCUT2D eigenvalue weighted by molar-refractivity contribution is 6.23. The Morgan fingerprint density at radius 2 is 1.39 bits per heavy atom. The fraction of sp³-hybridized carbons (Fsp3) is 0.200. The molecule has 7 rings (SSSR count). The fourth-order valence-corrected chi connectivity index (χ4v) is 6.13. The Bertz CT molecular complexity index is 1250. The van der Waals surface area contributed by atoms with Gasteiger partial charge in [0.15, 0.2) is 0 Å². The highest BCUT2D eigenvalue weighted by Crippen LogP contribution is 2.64. The largest absolute Gasteiger partial charge is 0.274 e. The number of anilines is 1. The highest BCUT2D eigenvalue weighted by Gasteiger charge is 2.66. The maximum atomic E-state index is 13.8. The number of carbonyl (C=O) groups is 2. The van der Waals surface area contributed by atoms with Crippen molar-refractivity contribution in [3.63, 3.8) is 0 Å². The molecule has 2 atom stereocenters. The van der Waals surface area contributed by atoms with Gasteiger partial charge in [0, 0.05) is 23.5 Å². The lowest BCUT2D eigenvalue weighted by atomic mass is 9.48. The standard InChI is InChI=1S/C25H18N2O4/c1-25-18-8-4-2-6-16(18)20(17-7-3-5-9-19(17)25)21-22(25)24(29)26(23(21)28)14-10-12-15(13-11-14)27(30)31/h2-13,20-22H,1H3/t20?,21-,22+,25?/m0/s1. The number of nitro benzene ring substituents is 1. The van der Waals surface area contributed by atoms with E-state index >= 15 is 0 Å². The van der Waals surface area contributed by atoms with Gasteiger partial charge in [-0.25, -0.2) is 4.90 Å². The third-order valence-corrected chi connectivity index (χ3v) is 7.36. The second kappa shape index (κ2) is 5.88. The average Bonchev–Trinajstić information content (AvgIpc) is 3.06. The quantitative estimate of drug-likeness (QED) is 0.361. The molecule has 6 heteroatoms. The Kier molecular flexibility index (Phi) is 3.41. The Hall–Kier alpha value is -3.80. The molecule has 0 saturated carbocycles. The molecule has 3 aromatic rings. The van der Waals surface area contributed by atoms with E-state index in [0.717, 1.165) is 22.3 Å². The van der Waals surface area contributed by atoms with Crippen LogP contribution in [0.1, 0.15) is 35.1 Å². The van der Waals surface area contributed by atoms with E-state index in [1.165, 1.54) is 29.2 Å². The van der Waals surface area contributed by atoms with Gasteiger partial charge in [0.25, 0.3) is 5.69 Å². The van der Waals surface area contributed by atoms with E-state index in [4.69, 9.17) is 0 Å². The summed E-state index contributed by atoms with van der Waals surface area (Å²) in [7, 11) is 0. The zero-order chi connectivity index (χ0) is 21.5. The number of carbonyl (C=O) groups excluding carboxylic acids is 2. The van der Waals surface area contributed by atoms with Crippen molar-refractivity contribution in [1.29, 1.82) is 0 Å². The highest BCUT2D eigenvalue weighted by atomic mass is 16.6. The molecule has 0 spiro atoms. The molecule has 6 nitrogen and oxygen atoms in total. The summed E-state index contributed by atoms with van der Waals surface area (Å²) in [6, 6.07) is 21.8. The predicted octanol–water partition coefficient (Wildman–Crippen LogP) is 4.17. The van der Waals surface area contributed by atoms with Crippen LogP contribution >= 0.6 is 0 Å². The number of nitro groups is 1. The van der Waals surface area contributed by atoms with Gasteiger partial charge in [-0.1, -0.05) is 55.5 Å². The summed E-state index contributed by atoms with van der Waals surface area (Å²) in [4.78, 5) is 39.2. The van der Waals surface area contributed by atoms with Crippen molar-refractivity contribution in [1.82, 2.24) is 0 Å². The first kappa shape index (κ1) is 18.0. The van der Waals surface area contributed by atoms with Crippen molar-refractivity contribution >= 4 is 23.2 Å². The lowest BCUT2D eigenvalue weighted by Gasteiger charge is -2.52. The summed E-state index contributed by atoms with van der Waals surface area (Å²) >= 11 is 0. The first-order chi connectivity index (χ1) is 14.9. The Morgan fingerprint density at radius 3 is 1.94 bits per heavy atom. The van der Waals surface area contributed by atoms with E-state index in [1.807, 2.05) is 24.3 Å². The third kappa shape index (κ3) is 2.06. The molecule has 2 amide bonds. The molecule has 1 heterocycles. The molecule has 0 aromatic heterocycles. The Morgan fingerprint density at radius 1 is 0.839 bits per heavy atom. The molecule has 1 saturated heterocycles. The molecule has 152 valence electrons. The van der Waals surface area contributed by atoms with E-state index in [0.29, 0.717) is 5.69 Å². The zero-order valence-electron chi connectivity index (χ0n) is 16.7. The van der Waals surface area contributed by atoms with Crippen LogP contribution in [0, 0.1) is 22.0 Å². The maximum absolute atomic E-state index is 13.8. The molecule has 4 aliphatic rings. The van der Waals surface area contributed by atoms with Gasteiger partial charge >= 0.3 is 0 Å². The molecule has 3 aromatic carbocycles. The van der Waals surface area contributed by atoms with E-state index in [2.05, 4.69) is 31.2 Å². The van der Waals surface area contributed by atoms with Gasteiger partial charge in [-0.05, 0) is 34.4 Å². The fourth-order valence-electron chi connectivity index (χ4n) is 6.13. The smallest absolute Gasteiger partial charge is 0.269 e. The molecular weight excluding hydrogens is 392 g/mol. The summed E-state index contributed by atoms with van der Waals surface area (Å²) < 4.78 is 0. The molecule has 1 aliphatic heterocycles. The molecule has 1 fully saturated rings. The number of nitrogens with zero attached hydrogens (tertiary/aromatic N) is 2. The van der Waals surface area contributed by atoms with E-state index in [1.54, 1.807) is 0 Å². The van der Waals surface area contributed by atoms with Crippen LogP contribution in [0.2, 0.25) is 0 Å². The maximum Gasteiger partial charge on any atom is 0.269 e. The number of hydrogen-bond acceptors (Lipinski definition) is 4. The molecule has 0 N–H and O–H groups in total. The van der Waals surface area contributed by atoms with Gasteiger partial charge in [0.2, 0.25) is 11.8 Å². The number of rotatable bonds is 2. The Labute approximate surface area is 178 Å². The zero-order valence-corrected chi connectivity index (χ0v) is 16.7. The molecule has 31 heavy (non-hydrogen) atoms. The first-order valence-corrected chi connectivity index (χ1v) is 10.3. The monoisotopic (exact) mass is 410 g/mol. The minimum absolute atomic E-state index is 0.0768. The number of non-ortho nitro benzene ring substituents is 1. The summed E-state index contributed by atoms with van der Waals surface area (Å²) in [6.07, 6.45) is 0. The van der Waals surface area contributed by atoms with Crippen molar-refractivity contribution < 1.29 is 14.5 Å². The topological polar surface area (TPSA) is 80.5 Å². The second-order valence-electron chi connectivity index (χ2n) is 8.64. The molecule has 0 radical (unpaired) electrons.